The summed E-state index contributed by atoms with van der Waals surface area (Å²) in [6.45, 7) is 0. The molecule has 9 aromatic carbocycles. The Balaban J connectivity index is 1.12. The molecule has 0 fully saturated rings. The van der Waals surface area contributed by atoms with Crippen molar-refractivity contribution in [3.63, 3.8) is 0 Å². The third kappa shape index (κ3) is 5.32. The highest BCUT2D eigenvalue weighted by molar-refractivity contribution is 6.14. The molecule has 1 aliphatic heterocycles. The van der Waals surface area contributed by atoms with Crippen LogP contribution in [0.2, 0.25) is 0 Å². The summed E-state index contributed by atoms with van der Waals surface area (Å²) in [6, 6.07) is 66.3. The number of para-hydroxylation sites is 2. The number of hydrogen-bond acceptors (Lipinski definition) is 5. The summed E-state index contributed by atoms with van der Waals surface area (Å²) >= 11 is 0. The molecule has 274 valence electrons. The van der Waals surface area contributed by atoms with Crippen molar-refractivity contribution >= 4 is 71.3 Å². The molecule has 11 aromatic rings. The van der Waals surface area contributed by atoms with Crippen molar-refractivity contribution < 1.29 is 8.83 Å². The number of hydrogen-bond donors (Lipinski definition) is 2. The predicted octanol–water partition coefficient (Wildman–Crippen LogP) is 13.5. The number of nitrogens with one attached hydrogen (secondary N) is 2. The van der Waals surface area contributed by atoms with Gasteiger partial charge in [-0.2, -0.15) is 0 Å². The van der Waals surface area contributed by atoms with E-state index in [9.17, 15) is 0 Å². The van der Waals surface area contributed by atoms with Crippen LogP contribution in [0.3, 0.4) is 0 Å². The smallest absolute Gasteiger partial charge is 0.142 e. The van der Waals surface area contributed by atoms with Crippen LogP contribution in [0.15, 0.2) is 202 Å². The molecule has 2 unspecified atom stereocenters. The van der Waals surface area contributed by atoms with Gasteiger partial charge in [-0.25, -0.2) is 4.99 Å². The first-order valence-electron chi connectivity index (χ1n) is 19.8. The summed E-state index contributed by atoms with van der Waals surface area (Å²) in [5.74, 6) is 0.798. The van der Waals surface area contributed by atoms with Crippen molar-refractivity contribution in [3.05, 3.63) is 205 Å². The average Bonchev–Trinajstić information content (AvgIpc) is 3.86. The topological polar surface area (TPSA) is 62.7 Å². The quantitative estimate of drug-likeness (QED) is 0.184. The van der Waals surface area contributed by atoms with E-state index in [0.717, 1.165) is 99.3 Å². The fourth-order valence-corrected chi connectivity index (χ4v) is 8.96. The average molecular weight is 746 g/mol. The highest BCUT2D eigenvalue weighted by atomic mass is 16.3. The molecule has 5 heteroatoms. The van der Waals surface area contributed by atoms with Crippen LogP contribution >= 0.6 is 0 Å². The van der Waals surface area contributed by atoms with Crippen molar-refractivity contribution in [2.24, 2.45) is 4.99 Å². The molecule has 0 spiro atoms. The highest BCUT2D eigenvalue weighted by Gasteiger charge is 2.32. The van der Waals surface area contributed by atoms with Gasteiger partial charge >= 0.3 is 0 Å². The van der Waals surface area contributed by atoms with Crippen LogP contribution in [0.5, 0.6) is 0 Å². The van der Waals surface area contributed by atoms with Gasteiger partial charge in [0.1, 0.15) is 40.5 Å². The molecule has 0 saturated carbocycles. The first kappa shape index (κ1) is 32.7. The van der Waals surface area contributed by atoms with Gasteiger partial charge in [0.15, 0.2) is 0 Å². The number of rotatable bonds is 5. The summed E-state index contributed by atoms with van der Waals surface area (Å²) < 4.78 is 13.4. The number of nitrogens with zero attached hydrogens (tertiary/aromatic N) is 1. The lowest BCUT2D eigenvalue weighted by Crippen LogP contribution is -2.45. The van der Waals surface area contributed by atoms with Crippen LogP contribution in [0.4, 0.5) is 0 Å². The van der Waals surface area contributed by atoms with Gasteiger partial charge in [-0.1, -0.05) is 152 Å². The van der Waals surface area contributed by atoms with Gasteiger partial charge in [-0.15, -0.1) is 0 Å². The van der Waals surface area contributed by atoms with E-state index in [4.69, 9.17) is 13.8 Å². The SMILES string of the molecule is c1ccc(-c2cccc(-c3ccc4oc5cc6ccccc6cc5c4c3C3NC(c4ccc5ccccc5c4)=NC(c4cccc5c4oc4ccccc45)N3)c2)cc1. The van der Waals surface area contributed by atoms with Crippen molar-refractivity contribution in [1.29, 1.82) is 0 Å². The largest absolute Gasteiger partial charge is 0.456 e. The Bertz CT molecular complexity index is 3430. The van der Waals surface area contributed by atoms with Gasteiger partial charge in [0, 0.05) is 38.2 Å². The summed E-state index contributed by atoms with van der Waals surface area (Å²) in [5, 5.41) is 16.9. The Morgan fingerprint density at radius 1 is 0.431 bits per heavy atom. The van der Waals surface area contributed by atoms with Crippen molar-refractivity contribution in [3.8, 4) is 22.3 Å². The maximum Gasteiger partial charge on any atom is 0.142 e. The molecule has 0 radical (unpaired) electrons. The van der Waals surface area contributed by atoms with Crippen molar-refractivity contribution in [1.82, 2.24) is 10.6 Å². The Labute approximate surface area is 333 Å². The molecule has 0 saturated heterocycles. The Morgan fingerprint density at radius 3 is 2.02 bits per heavy atom. The van der Waals surface area contributed by atoms with E-state index in [1.165, 1.54) is 10.9 Å². The molecule has 58 heavy (non-hydrogen) atoms. The third-order valence-corrected chi connectivity index (χ3v) is 11.7. The van der Waals surface area contributed by atoms with Gasteiger partial charge in [0.25, 0.3) is 0 Å². The molecule has 0 bridgehead atoms. The first-order chi connectivity index (χ1) is 28.7. The lowest BCUT2D eigenvalue weighted by molar-refractivity contribution is 0.411. The molecule has 2 aromatic heterocycles. The Kier molecular flexibility index (Phi) is 7.37. The summed E-state index contributed by atoms with van der Waals surface area (Å²) in [7, 11) is 0. The fourth-order valence-electron chi connectivity index (χ4n) is 8.96. The van der Waals surface area contributed by atoms with Crippen LogP contribution in [-0.2, 0) is 0 Å². The summed E-state index contributed by atoms with van der Waals surface area (Å²) in [6.07, 6.45) is -0.843. The first-order valence-corrected chi connectivity index (χ1v) is 19.8. The van der Waals surface area contributed by atoms with E-state index in [-0.39, 0.29) is 0 Å². The lowest BCUT2D eigenvalue weighted by Gasteiger charge is -2.33. The zero-order valence-electron chi connectivity index (χ0n) is 31.3. The molecular formula is C53H35N3O2. The Hall–Kier alpha value is -7.47. The van der Waals surface area contributed by atoms with Crippen LogP contribution in [-0.4, -0.2) is 5.84 Å². The van der Waals surface area contributed by atoms with Gasteiger partial charge < -0.3 is 14.2 Å². The highest BCUT2D eigenvalue weighted by Crippen LogP contribution is 2.44. The Morgan fingerprint density at radius 2 is 1.14 bits per heavy atom. The number of amidine groups is 1. The van der Waals surface area contributed by atoms with Crippen LogP contribution in [0.1, 0.15) is 29.0 Å². The molecule has 0 amide bonds. The maximum atomic E-state index is 6.74. The zero-order valence-corrected chi connectivity index (χ0v) is 31.3. The van der Waals surface area contributed by atoms with E-state index >= 15 is 0 Å². The molecule has 3 heterocycles. The number of benzene rings is 9. The second-order valence-electron chi connectivity index (χ2n) is 15.2. The van der Waals surface area contributed by atoms with Gasteiger partial charge in [-0.3, -0.25) is 5.32 Å². The van der Waals surface area contributed by atoms with Gasteiger partial charge in [0.2, 0.25) is 0 Å². The van der Waals surface area contributed by atoms with Crippen molar-refractivity contribution in [2.75, 3.05) is 0 Å². The normalized spacial score (nSPS) is 15.8. The van der Waals surface area contributed by atoms with Crippen LogP contribution in [0.25, 0.3) is 87.7 Å². The van der Waals surface area contributed by atoms with Gasteiger partial charge in [-0.05, 0) is 80.2 Å². The third-order valence-electron chi connectivity index (χ3n) is 11.7. The number of fused-ring (bicyclic) bond motifs is 8. The molecule has 0 aliphatic carbocycles. The van der Waals surface area contributed by atoms with E-state index in [1.807, 2.05) is 12.1 Å². The van der Waals surface area contributed by atoms with Gasteiger partial charge in [0.05, 0.1) is 0 Å². The number of aliphatic imine (C=N–C) groups is 1. The minimum absolute atomic E-state index is 0.394. The molecule has 5 nitrogen and oxygen atoms in total. The maximum absolute atomic E-state index is 6.74. The van der Waals surface area contributed by atoms with E-state index in [2.05, 4.69) is 187 Å². The number of furan rings is 2. The second kappa shape index (κ2) is 13.1. The van der Waals surface area contributed by atoms with Crippen LogP contribution < -0.4 is 10.6 Å². The standard InChI is InChI=1S/C53H35N3O2/c1-2-12-32(13-3-1)35-18-10-19-38(28-35)40-26-27-46-48(44-30-36-16-6-7-17-37(36)31-47(44)57-46)49(40)53-55-51(39-25-24-33-14-4-5-15-34(33)29-39)54-52(56-53)43-22-11-21-42-41-20-8-9-23-45(41)58-50(42)43/h1-31,52-53,56H,(H,54,55). The van der Waals surface area contributed by atoms with E-state index in [0.29, 0.717) is 0 Å². The molecule has 12 rings (SSSR count). The minimum atomic E-state index is -0.449. The second-order valence-corrected chi connectivity index (χ2v) is 15.2. The molecular weight excluding hydrogens is 711 g/mol. The molecule has 1 aliphatic rings. The summed E-state index contributed by atoms with van der Waals surface area (Å²) in [5.41, 5.74) is 11.0. The lowest BCUT2D eigenvalue weighted by atomic mass is 9.90. The zero-order chi connectivity index (χ0) is 38.2. The molecule has 2 atom stereocenters. The van der Waals surface area contributed by atoms with Crippen molar-refractivity contribution in [2.45, 2.75) is 12.3 Å². The summed E-state index contributed by atoms with van der Waals surface area (Å²) in [4.78, 5) is 5.46. The fraction of sp³-hybridized carbons (Fsp3) is 0.0377. The van der Waals surface area contributed by atoms with E-state index in [1.54, 1.807) is 0 Å². The van der Waals surface area contributed by atoms with E-state index < -0.39 is 12.3 Å². The predicted molar refractivity (Wildman–Crippen MR) is 238 cm³/mol. The van der Waals surface area contributed by atoms with Crippen LogP contribution in [0, 0.1) is 0 Å². The monoisotopic (exact) mass is 745 g/mol. The molecule has 2 N–H and O–H groups in total. The minimum Gasteiger partial charge on any atom is -0.456 e.